The Bertz CT molecular complexity index is 570. The van der Waals surface area contributed by atoms with Gasteiger partial charge in [0.1, 0.15) is 0 Å². The maximum atomic E-state index is 5.25. The van der Waals surface area contributed by atoms with Gasteiger partial charge in [-0.05, 0) is 12.1 Å². The molecule has 1 aliphatic rings. The zero-order valence-corrected chi connectivity index (χ0v) is 12.5. The second kappa shape index (κ2) is 6.13. The molecule has 0 fully saturated rings. The van der Waals surface area contributed by atoms with Gasteiger partial charge in [-0.25, -0.2) is 0 Å². The summed E-state index contributed by atoms with van der Waals surface area (Å²) < 4.78 is 5.25. The topological polar surface area (TPSA) is 54.2 Å². The first kappa shape index (κ1) is 14.7. The highest BCUT2D eigenvalue weighted by molar-refractivity contribution is 5.85. The quantitative estimate of drug-likeness (QED) is 0.943. The Balaban J connectivity index is 0.00000147. The number of halogens is 1. The van der Waals surface area contributed by atoms with E-state index in [9.17, 15) is 0 Å². The van der Waals surface area contributed by atoms with E-state index in [0.717, 1.165) is 18.9 Å². The van der Waals surface area contributed by atoms with Crippen LogP contribution in [0, 0.1) is 0 Å². The number of para-hydroxylation sites is 2. The van der Waals surface area contributed by atoms with Crippen LogP contribution >= 0.6 is 12.4 Å². The first-order chi connectivity index (χ1) is 9.24. The minimum Gasteiger partial charge on any atom is -0.382 e. The highest BCUT2D eigenvalue weighted by Crippen LogP contribution is 2.29. The van der Waals surface area contributed by atoms with Crippen molar-refractivity contribution in [2.24, 2.45) is 0 Å². The van der Waals surface area contributed by atoms with E-state index in [1.807, 2.05) is 6.07 Å². The standard InChI is InChI=1S/C14H18N4O.ClH/c1-10(2)14-16-13(17-19-14)9-18-8-7-15-11-5-3-4-6-12(11)18;/h3-6,10,15H,7-9H2,1-2H3;1H. The van der Waals surface area contributed by atoms with E-state index in [2.05, 4.69) is 52.4 Å². The molecule has 1 aromatic carbocycles. The summed E-state index contributed by atoms with van der Waals surface area (Å²) in [7, 11) is 0. The molecule has 0 atom stereocenters. The summed E-state index contributed by atoms with van der Waals surface area (Å²) in [5.74, 6) is 1.73. The number of nitrogens with one attached hydrogen (secondary N) is 1. The van der Waals surface area contributed by atoms with Gasteiger partial charge >= 0.3 is 0 Å². The molecule has 0 saturated carbocycles. The maximum absolute atomic E-state index is 5.25. The number of anilines is 2. The lowest BCUT2D eigenvalue weighted by Crippen LogP contribution is -2.33. The summed E-state index contributed by atoms with van der Waals surface area (Å²) in [4.78, 5) is 6.72. The van der Waals surface area contributed by atoms with Crippen LogP contribution in [0.1, 0.15) is 31.5 Å². The highest BCUT2D eigenvalue weighted by atomic mass is 35.5. The molecule has 0 radical (unpaired) electrons. The minimum atomic E-state index is 0. The fraction of sp³-hybridized carbons (Fsp3) is 0.429. The molecule has 2 heterocycles. The number of fused-ring (bicyclic) bond motifs is 1. The number of rotatable bonds is 3. The van der Waals surface area contributed by atoms with Crippen LogP contribution in [0.25, 0.3) is 0 Å². The summed E-state index contributed by atoms with van der Waals surface area (Å²) in [5.41, 5.74) is 2.37. The van der Waals surface area contributed by atoms with Gasteiger partial charge in [-0.2, -0.15) is 4.98 Å². The largest absolute Gasteiger partial charge is 0.382 e. The predicted octanol–water partition coefficient (Wildman–Crippen LogP) is 3.05. The van der Waals surface area contributed by atoms with Crippen LogP contribution in [0.3, 0.4) is 0 Å². The third-order valence-corrected chi connectivity index (χ3v) is 3.25. The number of aromatic nitrogens is 2. The van der Waals surface area contributed by atoms with Crippen molar-refractivity contribution < 1.29 is 4.52 Å². The molecule has 3 rings (SSSR count). The molecular weight excluding hydrogens is 276 g/mol. The van der Waals surface area contributed by atoms with Gasteiger partial charge in [0.25, 0.3) is 0 Å². The zero-order valence-electron chi connectivity index (χ0n) is 11.7. The van der Waals surface area contributed by atoms with Crippen molar-refractivity contribution in [3.63, 3.8) is 0 Å². The molecule has 0 unspecified atom stereocenters. The van der Waals surface area contributed by atoms with Gasteiger partial charge in [0.05, 0.1) is 17.9 Å². The molecule has 0 amide bonds. The first-order valence-corrected chi connectivity index (χ1v) is 6.64. The maximum Gasteiger partial charge on any atom is 0.229 e. The summed E-state index contributed by atoms with van der Waals surface area (Å²) >= 11 is 0. The first-order valence-electron chi connectivity index (χ1n) is 6.64. The Morgan fingerprint density at radius 2 is 2.15 bits per heavy atom. The molecule has 1 aliphatic heterocycles. The van der Waals surface area contributed by atoms with Crippen molar-refractivity contribution in [1.82, 2.24) is 10.1 Å². The van der Waals surface area contributed by atoms with Gasteiger partial charge < -0.3 is 14.7 Å². The number of nitrogens with zero attached hydrogens (tertiary/aromatic N) is 3. The minimum absolute atomic E-state index is 0. The average molecular weight is 295 g/mol. The Morgan fingerprint density at radius 3 is 2.90 bits per heavy atom. The van der Waals surface area contributed by atoms with Crippen LogP contribution < -0.4 is 10.2 Å². The molecule has 5 nitrogen and oxygen atoms in total. The zero-order chi connectivity index (χ0) is 13.2. The monoisotopic (exact) mass is 294 g/mol. The fourth-order valence-electron chi connectivity index (χ4n) is 2.25. The van der Waals surface area contributed by atoms with E-state index in [1.54, 1.807) is 0 Å². The Morgan fingerprint density at radius 1 is 1.35 bits per heavy atom. The third kappa shape index (κ3) is 2.88. The van der Waals surface area contributed by atoms with Crippen molar-refractivity contribution in [3.05, 3.63) is 36.0 Å². The Kier molecular flexibility index (Phi) is 4.49. The van der Waals surface area contributed by atoms with Crippen molar-refractivity contribution in [1.29, 1.82) is 0 Å². The summed E-state index contributed by atoms with van der Waals surface area (Å²) in [6.07, 6.45) is 0. The molecule has 0 saturated heterocycles. The van der Waals surface area contributed by atoms with E-state index in [0.29, 0.717) is 12.4 Å². The average Bonchev–Trinajstić information content (AvgIpc) is 2.88. The van der Waals surface area contributed by atoms with Gasteiger partial charge in [-0.3, -0.25) is 0 Å². The molecule has 0 bridgehead atoms. The second-order valence-electron chi connectivity index (χ2n) is 5.07. The highest BCUT2D eigenvalue weighted by Gasteiger charge is 2.18. The molecule has 0 aliphatic carbocycles. The Hall–Kier alpha value is -1.75. The normalized spacial score (nSPS) is 13.7. The molecule has 20 heavy (non-hydrogen) atoms. The fourth-order valence-corrected chi connectivity index (χ4v) is 2.25. The van der Waals surface area contributed by atoms with Gasteiger partial charge in [-0.15, -0.1) is 12.4 Å². The Labute approximate surface area is 124 Å². The van der Waals surface area contributed by atoms with Gasteiger partial charge in [-0.1, -0.05) is 31.1 Å². The van der Waals surface area contributed by atoms with Gasteiger partial charge in [0.2, 0.25) is 5.89 Å². The van der Waals surface area contributed by atoms with Crippen molar-refractivity contribution in [2.75, 3.05) is 23.3 Å². The van der Waals surface area contributed by atoms with Crippen LogP contribution in [0.2, 0.25) is 0 Å². The van der Waals surface area contributed by atoms with E-state index < -0.39 is 0 Å². The lowest BCUT2D eigenvalue weighted by molar-refractivity contribution is 0.360. The molecular formula is C14H19ClN4O. The van der Waals surface area contributed by atoms with Crippen LogP contribution in [0.5, 0.6) is 0 Å². The molecule has 0 spiro atoms. The summed E-state index contributed by atoms with van der Waals surface area (Å²) in [6.45, 7) is 6.68. The lowest BCUT2D eigenvalue weighted by atomic mass is 10.2. The predicted molar refractivity (Wildman–Crippen MR) is 81.6 cm³/mol. The van der Waals surface area contributed by atoms with Crippen LogP contribution in [0.15, 0.2) is 28.8 Å². The SMILES string of the molecule is CC(C)c1nc(CN2CCNc3ccccc32)no1.Cl. The van der Waals surface area contributed by atoms with E-state index in [1.165, 1.54) is 11.4 Å². The lowest BCUT2D eigenvalue weighted by Gasteiger charge is -2.30. The smallest absolute Gasteiger partial charge is 0.229 e. The molecule has 1 N–H and O–H groups in total. The van der Waals surface area contributed by atoms with Crippen molar-refractivity contribution >= 4 is 23.8 Å². The van der Waals surface area contributed by atoms with Crippen LogP contribution in [-0.2, 0) is 6.54 Å². The van der Waals surface area contributed by atoms with E-state index >= 15 is 0 Å². The number of benzene rings is 1. The number of hydrogen-bond donors (Lipinski definition) is 1. The van der Waals surface area contributed by atoms with Crippen LogP contribution in [-0.4, -0.2) is 23.2 Å². The van der Waals surface area contributed by atoms with Gasteiger partial charge in [0.15, 0.2) is 5.82 Å². The second-order valence-corrected chi connectivity index (χ2v) is 5.07. The molecule has 108 valence electrons. The van der Waals surface area contributed by atoms with E-state index in [-0.39, 0.29) is 18.3 Å². The van der Waals surface area contributed by atoms with Gasteiger partial charge in [0, 0.05) is 19.0 Å². The molecule has 6 heteroatoms. The van der Waals surface area contributed by atoms with E-state index in [4.69, 9.17) is 4.52 Å². The van der Waals surface area contributed by atoms with Crippen molar-refractivity contribution in [2.45, 2.75) is 26.3 Å². The van der Waals surface area contributed by atoms with Crippen molar-refractivity contribution in [3.8, 4) is 0 Å². The number of hydrogen-bond acceptors (Lipinski definition) is 5. The third-order valence-electron chi connectivity index (χ3n) is 3.25. The van der Waals surface area contributed by atoms with Crippen LogP contribution in [0.4, 0.5) is 11.4 Å². The summed E-state index contributed by atoms with van der Waals surface area (Å²) in [6, 6.07) is 8.30. The summed E-state index contributed by atoms with van der Waals surface area (Å²) in [5, 5.41) is 7.45. The molecule has 2 aromatic rings. The molecule has 1 aromatic heterocycles.